The second kappa shape index (κ2) is 8.48. The average Bonchev–Trinajstić information content (AvgIpc) is 3.10. The number of hydrogen-bond acceptors (Lipinski definition) is 6. The van der Waals surface area contributed by atoms with Crippen molar-refractivity contribution in [1.29, 1.82) is 0 Å². The van der Waals surface area contributed by atoms with Crippen molar-refractivity contribution in [3.05, 3.63) is 59.7 Å². The molecule has 3 unspecified atom stereocenters. The van der Waals surface area contributed by atoms with Crippen molar-refractivity contribution in [2.75, 3.05) is 27.9 Å². The predicted molar refractivity (Wildman–Crippen MR) is 107 cm³/mol. The van der Waals surface area contributed by atoms with Crippen molar-refractivity contribution in [3.8, 4) is 11.5 Å². The van der Waals surface area contributed by atoms with Crippen LogP contribution in [0, 0.1) is 0 Å². The van der Waals surface area contributed by atoms with Gasteiger partial charge in [0.15, 0.2) is 0 Å². The zero-order valence-electron chi connectivity index (χ0n) is 16.5. The maximum Gasteiger partial charge on any atom is 0.219 e. The van der Waals surface area contributed by atoms with E-state index in [4.69, 9.17) is 14.3 Å². The van der Waals surface area contributed by atoms with Gasteiger partial charge in [0, 0.05) is 19.2 Å². The predicted octanol–water partition coefficient (Wildman–Crippen LogP) is 2.67. The van der Waals surface area contributed by atoms with E-state index in [2.05, 4.69) is 4.72 Å². The van der Waals surface area contributed by atoms with Gasteiger partial charge in [-0.25, -0.2) is 13.1 Å². The third-order valence-electron chi connectivity index (χ3n) is 4.94. The molecule has 1 N–H and O–H groups in total. The van der Waals surface area contributed by atoms with Gasteiger partial charge in [0.25, 0.3) is 0 Å². The number of sulfonamides is 1. The van der Waals surface area contributed by atoms with Crippen LogP contribution < -0.4 is 14.2 Å². The SMILES string of the molecule is COc1cc(OC)cc(C2C(S(=O)(=O)NC(C)c3ccccc3)CON2C)c1. The summed E-state index contributed by atoms with van der Waals surface area (Å²) in [7, 11) is 1.17. The molecule has 152 valence electrons. The fourth-order valence-corrected chi connectivity index (χ4v) is 5.14. The highest BCUT2D eigenvalue weighted by Crippen LogP contribution is 2.37. The Balaban J connectivity index is 1.90. The minimum Gasteiger partial charge on any atom is -0.497 e. The molecule has 1 aliphatic heterocycles. The lowest BCUT2D eigenvalue weighted by Crippen LogP contribution is -2.40. The summed E-state index contributed by atoms with van der Waals surface area (Å²) in [5.41, 5.74) is 1.65. The molecule has 1 heterocycles. The van der Waals surface area contributed by atoms with Crippen LogP contribution in [0.1, 0.15) is 30.1 Å². The van der Waals surface area contributed by atoms with E-state index in [0.29, 0.717) is 11.5 Å². The van der Waals surface area contributed by atoms with Crippen LogP contribution in [-0.2, 0) is 14.9 Å². The summed E-state index contributed by atoms with van der Waals surface area (Å²) in [6, 6.07) is 14.0. The Kier molecular flexibility index (Phi) is 6.24. The Morgan fingerprint density at radius 3 is 2.29 bits per heavy atom. The van der Waals surface area contributed by atoms with Gasteiger partial charge in [0.2, 0.25) is 10.0 Å². The van der Waals surface area contributed by atoms with Crippen LogP contribution in [0.15, 0.2) is 48.5 Å². The molecule has 8 heteroatoms. The summed E-state index contributed by atoms with van der Waals surface area (Å²) in [6.45, 7) is 1.90. The molecule has 0 aliphatic carbocycles. The lowest BCUT2D eigenvalue weighted by Gasteiger charge is -2.25. The number of hydrogen-bond donors (Lipinski definition) is 1. The van der Waals surface area contributed by atoms with E-state index in [1.54, 1.807) is 32.4 Å². The molecule has 0 spiro atoms. The molecule has 0 amide bonds. The first kappa shape index (κ1) is 20.6. The van der Waals surface area contributed by atoms with E-state index in [9.17, 15) is 8.42 Å². The third kappa shape index (κ3) is 4.30. The first-order valence-corrected chi connectivity index (χ1v) is 10.5. The average molecular weight is 407 g/mol. The second-order valence-corrected chi connectivity index (χ2v) is 8.70. The van der Waals surface area contributed by atoms with Crippen LogP contribution in [-0.4, -0.2) is 46.6 Å². The zero-order valence-corrected chi connectivity index (χ0v) is 17.3. The van der Waals surface area contributed by atoms with E-state index in [1.165, 1.54) is 0 Å². The molecular formula is C20H26N2O5S. The van der Waals surface area contributed by atoms with Crippen molar-refractivity contribution < 1.29 is 22.7 Å². The number of rotatable bonds is 7. The second-order valence-electron chi connectivity index (χ2n) is 6.77. The summed E-state index contributed by atoms with van der Waals surface area (Å²) in [5, 5.41) is 0.797. The molecule has 0 bridgehead atoms. The Morgan fingerprint density at radius 1 is 1.11 bits per heavy atom. The molecule has 28 heavy (non-hydrogen) atoms. The fourth-order valence-electron chi connectivity index (χ4n) is 3.42. The molecule has 0 radical (unpaired) electrons. The molecule has 3 atom stereocenters. The monoisotopic (exact) mass is 406 g/mol. The van der Waals surface area contributed by atoms with E-state index >= 15 is 0 Å². The molecule has 1 fully saturated rings. The van der Waals surface area contributed by atoms with Crippen LogP contribution in [0.5, 0.6) is 11.5 Å². The van der Waals surface area contributed by atoms with Crippen LogP contribution in [0.25, 0.3) is 0 Å². The summed E-state index contributed by atoms with van der Waals surface area (Å²) >= 11 is 0. The standard InChI is InChI=1S/C20H26N2O5S/c1-14(15-8-6-5-7-9-15)21-28(23,24)19-13-27-22(2)20(19)16-10-17(25-3)12-18(11-16)26-4/h5-12,14,19-21H,13H2,1-4H3. The lowest BCUT2D eigenvalue weighted by molar-refractivity contribution is -0.110. The van der Waals surface area contributed by atoms with E-state index in [-0.39, 0.29) is 12.6 Å². The van der Waals surface area contributed by atoms with Crippen LogP contribution >= 0.6 is 0 Å². The van der Waals surface area contributed by atoms with Gasteiger partial charge in [0.1, 0.15) is 16.7 Å². The molecular weight excluding hydrogens is 380 g/mol. The summed E-state index contributed by atoms with van der Waals surface area (Å²) in [5.74, 6) is 1.19. The molecule has 7 nitrogen and oxygen atoms in total. The quantitative estimate of drug-likeness (QED) is 0.762. The van der Waals surface area contributed by atoms with Gasteiger partial charge in [-0.2, -0.15) is 5.06 Å². The van der Waals surface area contributed by atoms with Gasteiger partial charge in [-0.15, -0.1) is 0 Å². The van der Waals surface area contributed by atoms with Crippen molar-refractivity contribution in [1.82, 2.24) is 9.79 Å². The topological polar surface area (TPSA) is 77.1 Å². The smallest absolute Gasteiger partial charge is 0.219 e. The van der Waals surface area contributed by atoms with Gasteiger partial charge >= 0.3 is 0 Å². The Hall–Kier alpha value is -2.13. The third-order valence-corrected chi connectivity index (χ3v) is 6.81. The number of benzene rings is 2. The highest BCUT2D eigenvalue weighted by atomic mass is 32.2. The molecule has 1 aliphatic rings. The van der Waals surface area contributed by atoms with Gasteiger partial charge in [-0.05, 0) is 30.2 Å². The highest BCUT2D eigenvalue weighted by molar-refractivity contribution is 7.90. The molecule has 0 saturated carbocycles. The number of nitrogens with one attached hydrogen (secondary N) is 1. The van der Waals surface area contributed by atoms with Crippen LogP contribution in [0.4, 0.5) is 0 Å². The van der Waals surface area contributed by atoms with Gasteiger partial charge in [-0.1, -0.05) is 30.3 Å². The van der Waals surface area contributed by atoms with Crippen molar-refractivity contribution >= 4 is 10.0 Å². The maximum atomic E-state index is 13.2. The van der Waals surface area contributed by atoms with E-state index in [0.717, 1.165) is 11.1 Å². The molecule has 1 saturated heterocycles. The summed E-state index contributed by atoms with van der Waals surface area (Å²) in [6.07, 6.45) is 0. The first-order valence-electron chi connectivity index (χ1n) is 9.00. The zero-order chi connectivity index (χ0) is 20.3. The molecule has 2 aromatic rings. The number of ether oxygens (including phenoxy) is 2. The van der Waals surface area contributed by atoms with Crippen LogP contribution in [0.3, 0.4) is 0 Å². The molecule has 3 rings (SSSR count). The number of hydroxylamine groups is 2. The van der Waals surface area contributed by atoms with Crippen molar-refractivity contribution in [2.24, 2.45) is 0 Å². The fraction of sp³-hybridized carbons (Fsp3) is 0.400. The largest absolute Gasteiger partial charge is 0.497 e. The number of nitrogens with zero attached hydrogens (tertiary/aromatic N) is 1. The normalized spacial score (nSPS) is 21.4. The van der Waals surface area contributed by atoms with Crippen molar-refractivity contribution in [3.63, 3.8) is 0 Å². The van der Waals surface area contributed by atoms with E-state index in [1.807, 2.05) is 49.4 Å². The Morgan fingerprint density at radius 2 is 1.71 bits per heavy atom. The van der Waals surface area contributed by atoms with Gasteiger partial charge in [-0.3, -0.25) is 4.84 Å². The van der Waals surface area contributed by atoms with E-state index < -0.39 is 21.3 Å². The summed E-state index contributed by atoms with van der Waals surface area (Å²) in [4.78, 5) is 5.59. The number of methoxy groups -OCH3 is 2. The summed E-state index contributed by atoms with van der Waals surface area (Å²) < 4.78 is 39.8. The first-order chi connectivity index (χ1) is 13.4. The maximum absolute atomic E-state index is 13.2. The Bertz CT molecular complexity index is 882. The van der Waals surface area contributed by atoms with Crippen LogP contribution in [0.2, 0.25) is 0 Å². The van der Waals surface area contributed by atoms with Gasteiger partial charge in [0.05, 0.1) is 26.9 Å². The molecule has 2 aromatic carbocycles. The minimum atomic E-state index is -3.68. The minimum absolute atomic E-state index is 0.0670. The lowest BCUT2D eigenvalue weighted by atomic mass is 10.0. The highest BCUT2D eigenvalue weighted by Gasteiger charge is 2.44. The Labute approximate surface area is 166 Å². The van der Waals surface area contributed by atoms with Gasteiger partial charge < -0.3 is 9.47 Å². The van der Waals surface area contributed by atoms with Crippen molar-refractivity contribution in [2.45, 2.75) is 24.3 Å². The molecule has 0 aromatic heterocycles.